The molecule has 0 spiro atoms. The summed E-state index contributed by atoms with van der Waals surface area (Å²) in [5.41, 5.74) is 0. The Hall–Kier alpha value is -1.06. The standard InChI is InChI=1S/C15H27N5O2.HI/c1-4-16-14(19-9-11(2)7-12(3)10-19)17-5-6-20-13(21)8-18-15(20)22;/h11-12H,4-10H2,1-3H3,(H,16,17)(H,18,22);1H. The molecule has 2 fully saturated rings. The van der Waals surface area contributed by atoms with Crippen molar-refractivity contribution in [2.75, 3.05) is 39.3 Å². The number of hydrogen-bond acceptors (Lipinski definition) is 3. The first-order valence-corrected chi connectivity index (χ1v) is 8.12. The second-order valence-electron chi connectivity index (χ2n) is 6.29. The largest absolute Gasteiger partial charge is 0.357 e. The number of rotatable bonds is 4. The molecule has 0 aromatic rings. The molecule has 0 aromatic heterocycles. The molecule has 0 bridgehead atoms. The minimum absolute atomic E-state index is 0. The molecule has 2 saturated heterocycles. The number of halogens is 1. The van der Waals surface area contributed by atoms with Crippen LogP contribution in [0.2, 0.25) is 0 Å². The lowest BCUT2D eigenvalue weighted by Crippen LogP contribution is -2.48. The van der Waals surface area contributed by atoms with Gasteiger partial charge in [-0.3, -0.25) is 14.7 Å². The molecule has 0 aliphatic carbocycles. The fourth-order valence-corrected chi connectivity index (χ4v) is 3.20. The van der Waals surface area contributed by atoms with Crippen molar-refractivity contribution in [1.29, 1.82) is 0 Å². The first kappa shape index (κ1) is 20.0. The van der Waals surface area contributed by atoms with E-state index >= 15 is 0 Å². The van der Waals surface area contributed by atoms with Crippen LogP contribution < -0.4 is 10.6 Å². The van der Waals surface area contributed by atoms with Crippen molar-refractivity contribution in [3.8, 4) is 0 Å². The van der Waals surface area contributed by atoms with Gasteiger partial charge in [0.2, 0.25) is 5.91 Å². The van der Waals surface area contributed by atoms with Gasteiger partial charge < -0.3 is 15.5 Å². The summed E-state index contributed by atoms with van der Waals surface area (Å²) in [6.45, 7) is 10.2. The maximum absolute atomic E-state index is 11.5. The average molecular weight is 437 g/mol. The number of nitrogens with zero attached hydrogens (tertiary/aromatic N) is 3. The monoisotopic (exact) mass is 437 g/mol. The van der Waals surface area contributed by atoms with Crippen LogP contribution >= 0.6 is 24.0 Å². The average Bonchev–Trinajstić information content (AvgIpc) is 2.77. The van der Waals surface area contributed by atoms with Gasteiger partial charge in [-0.2, -0.15) is 0 Å². The van der Waals surface area contributed by atoms with Crippen LogP contribution in [0.5, 0.6) is 0 Å². The van der Waals surface area contributed by atoms with Crippen LogP contribution in [0.3, 0.4) is 0 Å². The van der Waals surface area contributed by atoms with Gasteiger partial charge in [-0.05, 0) is 25.2 Å². The molecule has 3 amide bonds. The quantitative estimate of drug-likeness (QED) is 0.299. The van der Waals surface area contributed by atoms with E-state index in [0.717, 1.165) is 25.6 Å². The molecular formula is C15H28IN5O2. The van der Waals surface area contributed by atoms with E-state index in [1.54, 1.807) is 0 Å². The number of piperidine rings is 1. The normalized spacial score (nSPS) is 25.3. The van der Waals surface area contributed by atoms with E-state index in [1.165, 1.54) is 11.3 Å². The van der Waals surface area contributed by atoms with Crippen molar-refractivity contribution in [2.45, 2.75) is 27.2 Å². The van der Waals surface area contributed by atoms with Crippen molar-refractivity contribution in [3.05, 3.63) is 0 Å². The third kappa shape index (κ3) is 5.50. The Morgan fingerprint density at radius 3 is 2.48 bits per heavy atom. The Morgan fingerprint density at radius 2 is 1.96 bits per heavy atom. The van der Waals surface area contributed by atoms with Gasteiger partial charge in [0.15, 0.2) is 5.96 Å². The number of amides is 3. The Bertz CT molecular complexity index is 431. The predicted octanol–water partition coefficient (Wildman–Crippen LogP) is 1.10. The van der Waals surface area contributed by atoms with E-state index in [9.17, 15) is 9.59 Å². The number of urea groups is 1. The highest BCUT2D eigenvalue weighted by atomic mass is 127. The maximum Gasteiger partial charge on any atom is 0.324 e. The first-order valence-electron chi connectivity index (χ1n) is 8.12. The zero-order valence-corrected chi connectivity index (χ0v) is 16.5. The Kier molecular flexibility index (Phi) is 8.07. The Balaban J connectivity index is 0.00000264. The highest BCUT2D eigenvalue weighted by Crippen LogP contribution is 2.20. The molecule has 23 heavy (non-hydrogen) atoms. The highest BCUT2D eigenvalue weighted by Gasteiger charge is 2.28. The van der Waals surface area contributed by atoms with Crippen LogP contribution in [-0.4, -0.2) is 67.0 Å². The lowest BCUT2D eigenvalue weighted by molar-refractivity contribution is -0.124. The van der Waals surface area contributed by atoms with Gasteiger partial charge in [0.05, 0.1) is 19.6 Å². The summed E-state index contributed by atoms with van der Waals surface area (Å²) < 4.78 is 0. The molecule has 0 saturated carbocycles. The van der Waals surface area contributed by atoms with Crippen LogP contribution in [0, 0.1) is 11.8 Å². The predicted molar refractivity (Wildman–Crippen MR) is 101 cm³/mol. The Morgan fingerprint density at radius 1 is 1.30 bits per heavy atom. The summed E-state index contributed by atoms with van der Waals surface area (Å²) in [5, 5.41) is 5.83. The number of guanidine groups is 1. The van der Waals surface area contributed by atoms with Crippen LogP contribution in [0.25, 0.3) is 0 Å². The van der Waals surface area contributed by atoms with Crippen molar-refractivity contribution >= 4 is 41.9 Å². The minimum atomic E-state index is -0.314. The molecular weight excluding hydrogens is 409 g/mol. The van der Waals surface area contributed by atoms with E-state index in [1.807, 2.05) is 6.92 Å². The van der Waals surface area contributed by atoms with E-state index in [0.29, 0.717) is 24.9 Å². The second-order valence-corrected chi connectivity index (χ2v) is 6.29. The van der Waals surface area contributed by atoms with Crippen molar-refractivity contribution < 1.29 is 9.59 Å². The lowest BCUT2D eigenvalue weighted by atomic mass is 9.92. The smallest absolute Gasteiger partial charge is 0.324 e. The molecule has 0 aromatic carbocycles. The number of hydrogen-bond donors (Lipinski definition) is 2. The number of nitrogens with one attached hydrogen (secondary N) is 2. The van der Waals surface area contributed by atoms with Crippen LogP contribution in [0.1, 0.15) is 27.2 Å². The first-order chi connectivity index (χ1) is 10.5. The fourth-order valence-electron chi connectivity index (χ4n) is 3.20. The number of likely N-dealkylation sites (tertiary alicyclic amines) is 1. The van der Waals surface area contributed by atoms with E-state index in [4.69, 9.17) is 0 Å². The van der Waals surface area contributed by atoms with Crippen LogP contribution in [0.4, 0.5) is 4.79 Å². The molecule has 7 nitrogen and oxygen atoms in total. The lowest BCUT2D eigenvalue weighted by Gasteiger charge is -2.37. The van der Waals surface area contributed by atoms with Gasteiger partial charge in [0.25, 0.3) is 0 Å². The zero-order valence-electron chi connectivity index (χ0n) is 14.2. The summed E-state index contributed by atoms with van der Waals surface area (Å²) >= 11 is 0. The molecule has 2 aliphatic heterocycles. The third-order valence-corrected chi connectivity index (χ3v) is 4.03. The third-order valence-electron chi connectivity index (χ3n) is 4.03. The number of imide groups is 1. The number of aliphatic imine (C=N–C) groups is 1. The zero-order chi connectivity index (χ0) is 16.1. The van der Waals surface area contributed by atoms with Crippen LogP contribution in [0.15, 0.2) is 4.99 Å². The molecule has 0 radical (unpaired) electrons. The second kappa shape index (κ2) is 9.29. The topological polar surface area (TPSA) is 77.0 Å². The van der Waals surface area contributed by atoms with Gasteiger partial charge in [-0.1, -0.05) is 13.8 Å². The van der Waals surface area contributed by atoms with Gasteiger partial charge in [0.1, 0.15) is 0 Å². The van der Waals surface area contributed by atoms with Crippen molar-refractivity contribution in [2.24, 2.45) is 16.8 Å². The Labute approximate surface area is 155 Å². The molecule has 2 N–H and O–H groups in total. The molecule has 2 aliphatic rings. The molecule has 8 heteroatoms. The molecule has 2 unspecified atom stereocenters. The molecule has 132 valence electrons. The summed E-state index contributed by atoms with van der Waals surface area (Å²) in [6, 6.07) is -0.314. The molecule has 2 heterocycles. The molecule has 2 rings (SSSR count). The summed E-state index contributed by atoms with van der Waals surface area (Å²) in [5.74, 6) is 2.01. The maximum atomic E-state index is 11.5. The van der Waals surface area contributed by atoms with E-state index in [-0.39, 0.29) is 42.5 Å². The number of carbonyl (C=O) groups excluding carboxylic acids is 2. The van der Waals surface area contributed by atoms with Gasteiger partial charge in [-0.15, -0.1) is 24.0 Å². The summed E-state index contributed by atoms with van der Waals surface area (Å²) in [7, 11) is 0. The van der Waals surface area contributed by atoms with Gasteiger partial charge in [-0.25, -0.2) is 4.79 Å². The van der Waals surface area contributed by atoms with E-state index < -0.39 is 0 Å². The fraction of sp³-hybridized carbons (Fsp3) is 0.800. The highest BCUT2D eigenvalue weighted by molar-refractivity contribution is 14.0. The van der Waals surface area contributed by atoms with E-state index in [2.05, 4.69) is 34.4 Å². The van der Waals surface area contributed by atoms with Gasteiger partial charge >= 0.3 is 6.03 Å². The van der Waals surface area contributed by atoms with Crippen molar-refractivity contribution in [1.82, 2.24) is 20.4 Å². The van der Waals surface area contributed by atoms with Gasteiger partial charge in [0, 0.05) is 19.6 Å². The number of carbonyl (C=O) groups is 2. The SMILES string of the molecule is CCNC(=NCCN1C(=O)CNC1=O)N1CC(C)CC(C)C1.I. The summed E-state index contributed by atoms with van der Waals surface area (Å²) in [4.78, 5) is 31.1. The van der Waals surface area contributed by atoms with Crippen molar-refractivity contribution in [3.63, 3.8) is 0 Å². The molecule has 2 atom stereocenters. The summed E-state index contributed by atoms with van der Waals surface area (Å²) in [6.07, 6.45) is 1.25. The minimum Gasteiger partial charge on any atom is -0.357 e. The van der Waals surface area contributed by atoms with Crippen LogP contribution in [-0.2, 0) is 4.79 Å².